The summed E-state index contributed by atoms with van der Waals surface area (Å²) in [6, 6.07) is 0. The van der Waals surface area contributed by atoms with Crippen LogP contribution >= 0.6 is 0 Å². The van der Waals surface area contributed by atoms with E-state index in [-0.39, 0.29) is 18.1 Å². The molecule has 0 aromatic heterocycles. The van der Waals surface area contributed by atoms with E-state index < -0.39 is 17.8 Å². The zero-order valence-electron chi connectivity index (χ0n) is 12.4. The van der Waals surface area contributed by atoms with Gasteiger partial charge in [0.15, 0.2) is 0 Å². The summed E-state index contributed by atoms with van der Waals surface area (Å²) >= 11 is 0. The highest BCUT2D eigenvalue weighted by Crippen LogP contribution is 2.24. The molecule has 0 radical (unpaired) electrons. The number of hydrogen-bond donors (Lipinski definition) is 2. The Morgan fingerprint density at radius 2 is 1.72 bits per heavy atom. The van der Waals surface area contributed by atoms with E-state index in [1.54, 1.807) is 6.92 Å². The van der Waals surface area contributed by atoms with E-state index >= 15 is 0 Å². The lowest BCUT2D eigenvalue weighted by Gasteiger charge is -2.30. The zero-order valence-corrected chi connectivity index (χ0v) is 12.4. The van der Waals surface area contributed by atoms with Crippen molar-refractivity contribution in [3.63, 3.8) is 0 Å². The van der Waals surface area contributed by atoms with Gasteiger partial charge in [-0.05, 0) is 26.2 Å². The first-order valence-corrected chi connectivity index (χ1v) is 6.33. The summed E-state index contributed by atoms with van der Waals surface area (Å²) in [6.07, 6.45) is -0.00335. The molecule has 5 heteroatoms. The van der Waals surface area contributed by atoms with Gasteiger partial charge in [0.2, 0.25) is 6.29 Å². The van der Waals surface area contributed by atoms with Crippen LogP contribution in [0.2, 0.25) is 0 Å². The Morgan fingerprint density at radius 1 is 1.22 bits per heavy atom. The van der Waals surface area contributed by atoms with E-state index in [9.17, 15) is 4.79 Å². The second-order valence-corrected chi connectivity index (χ2v) is 6.41. The average Bonchev–Trinajstić information content (AvgIpc) is 2.13. The maximum absolute atomic E-state index is 11.9. The minimum absolute atomic E-state index is 0.00640. The van der Waals surface area contributed by atoms with Gasteiger partial charge in [0, 0.05) is 13.0 Å². The number of ether oxygens (including phenoxy) is 2. The average molecular weight is 260 g/mol. The number of rotatable bonds is 6. The molecule has 2 unspecified atom stereocenters. The topological polar surface area (TPSA) is 87.6 Å². The van der Waals surface area contributed by atoms with Crippen molar-refractivity contribution in [1.82, 2.24) is 0 Å². The SMILES string of the molecule is CC(C)OC(CC(C)(C)C)OC(=O)C(C)(N)CN. The van der Waals surface area contributed by atoms with Crippen LogP contribution in [-0.4, -0.2) is 30.4 Å². The Balaban J connectivity index is 4.64. The molecule has 2 atom stereocenters. The molecular weight excluding hydrogens is 232 g/mol. The molecule has 0 aromatic rings. The molecule has 108 valence electrons. The fraction of sp³-hybridized carbons (Fsp3) is 0.923. The molecule has 0 aromatic carbocycles. The molecule has 5 nitrogen and oxygen atoms in total. The predicted octanol–water partition coefficient (Wildman–Crippen LogP) is 1.39. The van der Waals surface area contributed by atoms with Crippen LogP contribution < -0.4 is 11.5 Å². The van der Waals surface area contributed by atoms with E-state index in [2.05, 4.69) is 20.8 Å². The van der Waals surface area contributed by atoms with E-state index in [4.69, 9.17) is 20.9 Å². The number of hydrogen-bond acceptors (Lipinski definition) is 5. The summed E-state index contributed by atoms with van der Waals surface area (Å²) in [5.74, 6) is -0.528. The third-order valence-electron chi connectivity index (χ3n) is 2.33. The van der Waals surface area contributed by atoms with E-state index in [1.807, 2.05) is 13.8 Å². The van der Waals surface area contributed by atoms with Gasteiger partial charge in [0.1, 0.15) is 5.54 Å². The van der Waals surface area contributed by atoms with Gasteiger partial charge in [-0.1, -0.05) is 20.8 Å². The maximum Gasteiger partial charge on any atom is 0.329 e. The Hall–Kier alpha value is -0.650. The smallest absolute Gasteiger partial charge is 0.329 e. The number of carbonyl (C=O) groups is 1. The molecule has 0 heterocycles. The summed E-state index contributed by atoms with van der Waals surface area (Å²) in [4.78, 5) is 11.9. The fourth-order valence-electron chi connectivity index (χ4n) is 1.26. The third-order valence-corrected chi connectivity index (χ3v) is 2.33. The number of esters is 1. The highest BCUT2D eigenvalue weighted by atomic mass is 16.7. The first-order chi connectivity index (χ1) is 7.98. The molecule has 0 amide bonds. The normalized spacial score (nSPS) is 17.4. The van der Waals surface area contributed by atoms with Crippen molar-refractivity contribution >= 4 is 5.97 Å². The van der Waals surface area contributed by atoms with E-state index in [0.717, 1.165) is 0 Å². The van der Waals surface area contributed by atoms with Crippen LogP contribution in [0, 0.1) is 5.41 Å². The Morgan fingerprint density at radius 3 is 2.06 bits per heavy atom. The second kappa shape index (κ2) is 6.50. The molecule has 0 saturated heterocycles. The minimum Gasteiger partial charge on any atom is -0.434 e. The lowest BCUT2D eigenvalue weighted by molar-refractivity contribution is -0.197. The second-order valence-electron chi connectivity index (χ2n) is 6.41. The van der Waals surface area contributed by atoms with Gasteiger partial charge in [0.05, 0.1) is 6.10 Å². The van der Waals surface area contributed by atoms with Gasteiger partial charge in [-0.2, -0.15) is 0 Å². The largest absolute Gasteiger partial charge is 0.434 e. The molecule has 4 N–H and O–H groups in total. The van der Waals surface area contributed by atoms with Gasteiger partial charge in [-0.3, -0.25) is 0 Å². The van der Waals surface area contributed by atoms with Crippen LogP contribution in [0.3, 0.4) is 0 Å². The molecule has 0 aliphatic carbocycles. The van der Waals surface area contributed by atoms with Gasteiger partial charge in [0.25, 0.3) is 0 Å². The lowest BCUT2D eigenvalue weighted by Crippen LogP contribution is -2.53. The molecule has 0 fully saturated rings. The van der Waals surface area contributed by atoms with Crippen molar-refractivity contribution in [3.05, 3.63) is 0 Å². The standard InChI is InChI=1S/C13H28N2O3/c1-9(2)17-10(7-12(3,4)5)18-11(16)13(6,15)8-14/h9-10H,7-8,14-15H2,1-6H3. The van der Waals surface area contributed by atoms with Crippen LogP contribution in [0.5, 0.6) is 0 Å². The molecule has 0 aliphatic rings. The van der Waals surface area contributed by atoms with E-state index in [0.29, 0.717) is 6.42 Å². The molecule has 0 aliphatic heterocycles. The maximum atomic E-state index is 11.9. The van der Waals surface area contributed by atoms with Crippen LogP contribution in [0.1, 0.15) is 48.0 Å². The summed E-state index contributed by atoms with van der Waals surface area (Å²) < 4.78 is 10.9. The van der Waals surface area contributed by atoms with Crippen molar-refractivity contribution < 1.29 is 14.3 Å². The quantitative estimate of drug-likeness (QED) is 0.556. The molecule has 0 spiro atoms. The van der Waals surface area contributed by atoms with Gasteiger partial charge in [-0.15, -0.1) is 0 Å². The summed E-state index contributed by atoms with van der Waals surface area (Å²) in [5.41, 5.74) is 10.0. The third kappa shape index (κ3) is 6.93. The molecule has 18 heavy (non-hydrogen) atoms. The van der Waals surface area contributed by atoms with Gasteiger partial charge < -0.3 is 20.9 Å². The highest BCUT2D eigenvalue weighted by molar-refractivity contribution is 5.80. The monoisotopic (exact) mass is 260 g/mol. The Bertz CT molecular complexity index is 270. The van der Waals surface area contributed by atoms with Crippen LogP contribution in [0.15, 0.2) is 0 Å². The molecule has 0 rings (SSSR count). The summed E-state index contributed by atoms with van der Waals surface area (Å²) in [6.45, 7) is 11.6. The number of nitrogens with two attached hydrogens (primary N) is 2. The van der Waals surface area contributed by atoms with Crippen molar-refractivity contribution in [3.8, 4) is 0 Å². The molecular formula is C13H28N2O3. The summed E-state index contributed by atoms with van der Waals surface area (Å²) in [5, 5.41) is 0. The minimum atomic E-state index is -1.17. The lowest BCUT2D eigenvalue weighted by atomic mass is 9.92. The molecule has 0 saturated carbocycles. The highest BCUT2D eigenvalue weighted by Gasteiger charge is 2.32. The van der Waals surface area contributed by atoms with Crippen LogP contribution in [0.25, 0.3) is 0 Å². The van der Waals surface area contributed by atoms with E-state index in [1.165, 1.54) is 0 Å². The zero-order chi connectivity index (χ0) is 14.6. The molecule has 0 bridgehead atoms. The van der Waals surface area contributed by atoms with Crippen LogP contribution in [-0.2, 0) is 14.3 Å². The van der Waals surface area contributed by atoms with Crippen molar-refractivity contribution in [2.45, 2.75) is 65.9 Å². The predicted molar refractivity (Wildman–Crippen MR) is 71.8 cm³/mol. The fourth-order valence-corrected chi connectivity index (χ4v) is 1.26. The Kier molecular flexibility index (Phi) is 6.26. The van der Waals surface area contributed by atoms with Gasteiger partial charge >= 0.3 is 5.97 Å². The first-order valence-electron chi connectivity index (χ1n) is 6.33. The van der Waals surface area contributed by atoms with Crippen molar-refractivity contribution in [2.24, 2.45) is 16.9 Å². The van der Waals surface area contributed by atoms with Gasteiger partial charge in [-0.25, -0.2) is 4.79 Å². The van der Waals surface area contributed by atoms with Crippen molar-refractivity contribution in [2.75, 3.05) is 6.54 Å². The summed E-state index contributed by atoms with van der Waals surface area (Å²) in [7, 11) is 0. The first kappa shape index (κ1) is 17.4. The van der Waals surface area contributed by atoms with Crippen LogP contribution in [0.4, 0.5) is 0 Å². The number of carbonyl (C=O) groups excluding carboxylic acids is 1. The van der Waals surface area contributed by atoms with Crippen molar-refractivity contribution in [1.29, 1.82) is 0 Å². The Labute approximate surface area is 110 Å².